The summed E-state index contributed by atoms with van der Waals surface area (Å²) < 4.78 is 12.8. The third-order valence-electron chi connectivity index (χ3n) is 2.62. The van der Waals surface area contributed by atoms with Crippen LogP contribution in [0.3, 0.4) is 0 Å². The fourth-order valence-electron chi connectivity index (χ4n) is 1.76. The Kier molecular flexibility index (Phi) is 3.57. The maximum atomic E-state index is 12.8. The first-order valence-corrected chi connectivity index (χ1v) is 5.50. The van der Waals surface area contributed by atoms with Crippen LogP contribution >= 0.6 is 11.6 Å². The molecule has 1 saturated heterocycles. The first-order chi connectivity index (χ1) is 7.25. The van der Waals surface area contributed by atoms with Crippen molar-refractivity contribution in [2.45, 2.75) is 6.54 Å². The molecule has 1 aromatic rings. The molecule has 0 unspecified atom stereocenters. The van der Waals surface area contributed by atoms with Gasteiger partial charge in [0.25, 0.3) is 0 Å². The lowest BCUT2D eigenvalue weighted by atomic mass is 10.2. The number of halogens is 2. The third-order valence-corrected chi connectivity index (χ3v) is 2.97. The molecular weight excluding hydrogens is 215 g/mol. The van der Waals surface area contributed by atoms with Gasteiger partial charge in [0.15, 0.2) is 0 Å². The van der Waals surface area contributed by atoms with Crippen LogP contribution in [-0.4, -0.2) is 31.1 Å². The summed E-state index contributed by atoms with van der Waals surface area (Å²) in [7, 11) is 0. The van der Waals surface area contributed by atoms with E-state index in [1.807, 2.05) is 0 Å². The van der Waals surface area contributed by atoms with Gasteiger partial charge in [0, 0.05) is 37.7 Å². The van der Waals surface area contributed by atoms with Crippen molar-refractivity contribution >= 4 is 11.6 Å². The fourth-order valence-corrected chi connectivity index (χ4v) is 1.99. The van der Waals surface area contributed by atoms with Crippen molar-refractivity contribution in [3.63, 3.8) is 0 Å². The van der Waals surface area contributed by atoms with E-state index in [9.17, 15) is 4.39 Å². The normalized spacial score (nSPS) is 18.0. The molecule has 1 fully saturated rings. The topological polar surface area (TPSA) is 15.3 Å². The lowest BCUT2D eigenvalue weighted by molar-refractivity contribution is 0.233. The average Bonchev–Trinajstić information content (AvgIpc) is 2.24. The number of nitrogens with zero attached hydrogens (tertiary/aromatic N) is 1. The van der Waals surface area contributed by atoms with Gasteiger partial charge < -0.3 is 5.32 Å². The van der Waals surface area contributed by atoms with Crippen LogP contribution in [0.1, 0.15) is 5.56 Å². The first-order valence-electron chi connectivity index (χ1n) is 5.13. The maximum absolute atomic E-state index is 12.8. The Labute approximate surface area is 94.0 Å². The molecule has 1 aliphatic rings. The van der Waals surface area contributed by atoms with Crippen LogP contribution in [0.15, 0.2) is 18.2 Å². The molecule has 82 valence electrons. The summed E-state index contributed by atoms with van der Waals surface area (Å²) in [6, 6.07) is 4.60. The summed E-state index contributed by atoms with van der Waals surface area (Å²) in [4.78, 5) is 2.32. The van der Waals surface area contributed by atoms with Gasteiger partial charge in [-0.05, 0) is 17.7 Å². The minimum atomic E-state index is -0.274. The number of nitrogens with one attached hydrogen (secondary N) is 1. The number of hydrogen-bond donors (Lipinski definition) is 1. The second kappa shape index (κ2) is 4.92. The van der Waals surface area contributed by atoms with Gasteiger partial charge in [-0.15, -0.1) is 0 Å². The van der Waals surface area contributed by atoms with Crippen molar-refractivity contribution < 1.29 is 4.39 Å². The molecule has 15 heavy (non-hydrogen) atoms. The van der Waals surface area contributed by atoms with E-state index in [1.54, 1.807) is 6.07 Å². The molecule has 1 heterocycles. The predicted molar refractivity (Wildman–Crippen MR) is 59.6 cm³/mol. The monoisotopic (exact) mass is 228 g/mol. The summed E-state index contributed by atoms with van der Waals surface area (Å²) in [5.74, 6) is -0.274. The summed E-state index contributed by atoms with van der Waals surface area (Å²) in [5.41, 5.74) is 1.000. The van der Waals surface area contributed by atoms with Gasteiger partial charge in [0.2, 0.25) is 0 Å². The summed E-state index contributed by atoms with van der Waals surface area (Å²) >= 11 is 5.97. The number of benzene rings is 1. The Bertz CT molecular complexity index is 337. The highest BCUT2D eigenvalue weighted by Crippen LogP contribution is 2.19. The molecule has 2 nitrogen and oxygen atoms in total. The molecule has 2 rings (SSSR count). The Balaban J connectivity index is 2.03. The molecule has 1 aliphatic heterocycles. The average molecular weight is 229 g/mol. The zero-order valence-corrected chi connectivity index (χ0v) is 9.23. The van der Waals surface area contributed by atoms with E-state index < -0.39 is 0 Å². The van der Waals surface area contributed by atoms with Gasteiger partial charge >= 0.3 is 0 Å². The quantitative estimate of drug-likeness (QED) is 0.832. The van der Waals surface area contributed by atoms with Crippen LogP contribution in [0.4, 0.5) is 4.39 Å². The second-order valence-electron chi connectivity index (χ2n) is 3.76. The molecule has 0 aromatic heterocycles. The molecule has 0 aliphatic carbocycles. The van der Waals surface area contributed by atoms with E-state index in [0.717, 1.165) is 38.3 Å². The lowest BCUT2D eigenvalue weighted by Gasteiger charge is -2.27. The molecule has 1 N–H and O–H groups in total. The zero-order chi connectivity index (χ0) is 10.7. The van der Waals surface area contributed by atoms with Crippen LogP contribution in [-0.2, 0) is 6.54 Å². The largest absolute Gasteiger partial charge is 0.314 e. The molecule has 0 amide bonds. The third kappa shape index (κ3) is 2.91. The van der Waals surface area contributed by atoms with E-state index >= 15 is 0 Å². The first kappa shape index (κ1) is 10.9. The minimum absolute atomic E-state index is 0.274. The van der Waals surface area contributed by atoms with Crippen molar-refractivity contribution in [2.75, 3.05) is 26.2 Å². The van der Waals surface area contributed by atoms with Gasteiger partial charge in [0.05, 0.1) is 0 Å². The Hall–Kier alpha value is -0.640. The molecule has 4 heteroatoms. The Morgan fingerprint density at radius 2 is 2.07 bits per heavy atom. The predicted octanol–water partition coefficient (Wildman–Crippen LogP) is 1.88. The SMILES string of the molecule is Fc1ccc(CN2CCNCC2)c(Cl)c1. The zero-order valence-electron chi connectivity index (χ0n) is 8.47. The highest BCUT2D eigenvalue weighted by molar-refractivity contribution is 6.31. The lowest BCUT2D eigenvalue weighted by Crippen LogP contribution is -2.42. The smallest absolute Gasteiger partial charge is 0.124 e. The maximum Gasteiger partial charge on any atom is 0.124 e. The van der Waals surface area contributed by atoms with Crippen molar-refractivity contribution in [2.24, 2.45) is 0 Å². The molecule has 0 spiro atoms. The van der Waals surface area contributed by atoms with E-state index in [0.29, 0.717) is 5.02 Å². The standard InChI is InChI=1S/C11H14ClFN2/c12-11-7-10(13)2-1-9(11)8-15-5-3-14-4-6-15/h1-2,7,14H,3-6,8H2. The minimum Gasteiger partial charge on any atom is -0.314 e. The van der Waals surface area contributed by atoms with Gasteiger partial charge in [0.1, 0.15) is 5.82 Å². The molecule has 0 bridgehead atoms. The van der Waals surface area contributed by atoms with Crippen molar-refractivity contribution in [3.05, 3.63) is 34.6 Å². The highest BCUT2D eigenvalue weighted by atomic mass is 35.5. The number of rotatable bonds is 2. The van der Waals surface area contributed by atoms with Crippen molar-refractivity contribution in [1.29, 1.82) is 0 Å². The summed E-state index contributed by atoms with van der Waals surface area (Å²) in [5, 5.41) is 3.81. The van der Waals surface area contributed by atoms with E-state index in [-0.39, 0.29) is 5.82 Å². The van der Waals surface area contributed by atoms with E-state index in [2.05, 4.69) is 10.2 Å². The van der Waals surface area contributed by atoms with Crippen molar-refractivity contribution in [3.8, 4) is 0 Å². The molecular formula is C11H14ClFN2. The van der Waals surface area contributed by atoms with Crippen LogP contribution in [0.5, 0.6) is 0 Å². The second-order valence-corrected chi connectivity index (χ2v) is 4.17. The number of piperazine rings is 1. The van der Waals surface area contributed by atoms with E-state index in [4.69, 9.17) is 11.6 Å². The summed E-state index contributed by atoms with van der Waals surface area (Å²) in [6.07, 6.45) is 0. The van der Waals surface area contributed by atoms with E-state index in [1.165, 1.54) is 12.1 Å². The van der Waals surface area contributed by atoms with Crippen LogP contribution in [0, 0.1) is 5.82 Å². The summed E-state index contributed by atoms with van der Waals surface area (Å²) in [6.45, 7) is 4.87. The molecule has 0 radical (unpaired) electrons. The molecule has 0 atom stereocenters. The van der Waals surface area contributed by atoms with Gasteiger partial charge in [-0.2, -0.15) is 0 Å². The number of hydrogen-bond acceptors (Lipinski definition) is 2. The highest BCUT2D eigenvalue weighted by Gasteiger charge is 2.11. The van der Waals surface area contributed by atoms with Crippen LogP contribution in [0.2, 0.25) is 5.02 Å². The molecule has 0 saturated carbocycles. The van der Waals surface area contributed by atoms with Crippen LogP contribution < -0.4 is 5.32 Å². The Morgan fingerprint density at radius 3 is 2.73 bits per heavy atom. The van der Waals surface area contributed by atoms with Gasteiger partial charge in [-0.3, -0.25) is 4.90 Å². The van der Waals surface area contributed by atoms with Gasteiger partial charge in [-0.1, -0.05) is 17.7 Å². The molecule has 1 aromatic carbocycles. The van der Waals surface area contributed by atoms with Crippen LogP contribution in [0.25, 0.3) is 0 Å². The van der Waals surface area contributed by atoms with Crippen molar-refractivity contribution in [1.82, 2.24) is 10.2 Å². The van der Waals surface area contributed by atoms with Gasteiger partial charge in [-0.25, -0.2) is 4.39 Å². The Morgan fingerprint density at radius 1 is 1.33 bits per heavy atom. The fraction of sp³-hybridized carbons (Fsp3) is 0.455.